The van der Waals surface area contributed by atoms with Crippen molar-refractivity contribution < 1.29 is 4.42 Å². The predicted molar refractivity (Wildman–Crippen MR) is 161 cm³/mol. The molecule has 0 saturated carbocycles. The molecule has 0 saturated heterocycles. The average molecular weight is 517 g/mol. The first-order chi connectivity index (χ1) is 18.7. The summed E-state index contributed by atoms with van der Waals surface area (Å²) < 4.78 is 8.73. The molecule has 0 atom stereocenters. The van der Waals surface area contributed by atoms with Crippen molar-refractivity contribution in [1.82, 2.24) is 10.2 Å². The molecule has 6 aromatic rings. The number of unbranched alkanes of at least 4 members (excludes halogenated alkanes) is 2. The lowest BCUT2D eigenvalue weighted by Crippen LogP contribution is -1.88. The molecule has 190 valence electrons. The molecule has 2 heterocycles. The second kappa shape index (κ2) is 10.9. The highest BCUT2D eigenvalue weighted by molar-refractivity contribution is 7.26. The van der Waals surface area contributed by atoms with Gasteiger partial charge in [-0.05, 0) is 96.5 Å². The largest absolute Gasteiger partial charge is 0.416 e. The van der Waals surface area contributed by atoms with Crippen LogP contribution in [0.5, 0.6) is 0 Å². The van der Waals surface area contributed by atoms with Gasteiger partial charge in [0, 0.05) is 31.3 Å². The smallest absolute Gasteiger partial charge is 0.248 e. The molecule has 0 aliphatic carbocycles. The summed E-state index contributed by atoms with van der Waals surface area (Å²) in [5, 5.41) is 11.4. The Labute approximate surface area is 228 Å². The number of thiophene rings is 1. The van der Waals surface area contributed by atoms with Gasteiger partial charge in [0.05, 0.1) is 0 Å². The van der Waals surface area contributed by atoms with Crippen LogP contribution in [0.2, 0.25) is 0 Å². The molecule has 0 spiro atoms. The molecule has 0 aliphatic heterocycles. The van der Waals surface area contributed by atoms with Crippen molar-refractivity contribution in [2.75, 3.05) is 0 Å². The van der Waals surface area contributed by atoms with Gasteiger partial charge >= 0.3 is 0 Å². The first-order valence-electron chi connectivity index (χ1n) is 13.7. The summed E-state index contributed by atoms with van der Waals surface area (Å²) in [7, 11) is 0. The molecule has 0 radical (unpaired) electrons. The van der Waals surface area contributed by atoms with Gasteiger partial charge in [0.15, 0.2) is 0 Å². The zero-order valence-corrected chi connectivity index (χ0v) is 22.9. The lowest BCUT2D eigenvalue weighted by molar-refractivity contribution is 0.584. The van der Waals surface area contributed by atoms with Gasteiger partial charge in [-0.15, -0.1) is 21.5 Å². The molecule has 0 amide bonds. The van der Waals surface area contributed by atoms with Gasteiger partial charge < -0.3 is 4.42 Å². The Bertz CT molecular complexity index is 1680. The standard InChI is InChI=1S/C34H32N2OS/c1-3-5-10-23-14-19-31-29(20-23)30-22-24(11-6-4-2)21-28(32(30)38-31)25-15-17-27(18-16-25)34-36-35-33(37-34)26-12-8-7-9-13-26/h7-9,12-22H,3-6,10-11H2,1-2H3. The van der Waals surface area contributed by atoms with Crippen molar-refractivity contribution >= 4 is 31.5 Å². The van der Waals surface area contributed by atoms with E-state index in [2.05, 4.69) is 78.6 Å². The second-order valence-electron chi connectivity index (χ2n) is 10.0. The number of rotatable bonds is 9. The Morgan fingerprint density at radius 3 is 1.97 bits per heavy atom. The topological polar surface area (TPSA) is 38.9 Å². The van der Waals surface area contributed by atoms with Gasteiger partial charge in [-0.1, -0.05) is 63.1 Å². The van der Waals surface area contributed by atoms with E-state index in [1.54, 1.807) is 0 Å². The van der Waals surface area contributed by atoms with Crippen LogP contribution in [0.15, 0.2) is 89.3 Å². The predicted octanol–water partition coefficient (Wildman–Crippen LogP) is 10.1. The fraction of sp³-hybridized carbons (Fsp3) is 0.235. The summed E-state index contributed by atoms with van der Waals surface area (Å²) in [5.74, 6) is 1.08. The van der Waals surface area contributed by atoms with E-state index in [-0.39, 0.29) is 0 Å². The van der Waals surface area contributed by atoms with E-state index in [1.807, 2.05) is 41.7 Å². The Kier molecular flexibility index (Phi) is 7.06. The van der Waals surface area contributed by atoms with Gasteiger partial charge in [0.2, 0.25) is 11.8 Å². The third-order valence-electron chi connectivity index (χ3n) is 7.22. The SMILES string of the molecule is CCCCc1ccc2sc3c(-c4ccc(-c5nnc(-c6ccccc6)o5)cc4)cc(CCCC)cc3c2c1. The maximum absolute atomic E-state index is 5.99. The number of hydrogen-bond donors (Lipinski definition) is 0. The molecule has 0 bridgehead atoms. The van der Waals surface area contributed by atoms with Crippen LogP contribution < -0.4 is 0 Å². The van der Waals surface area contributed by atoms with Crippen molar-refractivity contribution in [3.63, 3.8) is 0 Å². The summed E-state index contributed by atoms with van der Waals surface area (Å²) in [6, 6.07) is 30.4. The van der Waals surface area contributed by atoms with E-state index in [1.165, 1.54) is 68.1 Å². The molecular formula is C34H32N2OS. The number of benzene rings is 4. The maximum Gasteiger partial charge on any atom is 0.248 e. The molecule has 0 aliphatic rings. The highest BCUT2D eigenvalue weighted by Crippen LogP contribution is 2.42. The number of aromatic nitrogens is 2. The van der Waals surface area contributed by atoms with Crippen molar-refractivity contribution in [3.05, 3.63) is 96.1 Å². The fourth-order valence-corrected chi connectivity index (χ4v) is 6.29. The lowest BCUT2D eigenvalue weighted by atomic mass is 9.96. The first-order valence-corrected chi connectivity index (χ1v) is 14.5. The van der Waals surface area contributed by atoms with E-state index in [9.17, 15) is 0 Å². The van der Waals surface area contributed by atoms with Gasteiger partial charge in [0.25, 0.3) is 0 Å². The fourth-order valence-electron chi connectivity index (χ4n) is 5.09. The van der Waals surface area contributed by atoms with Gasteiger partial charge in [0.1, 0.15) is 0 Å². The zero-order chi connectivity index (χ0) is 25.9. The Morgan fingerprint density at radius 2 is 1.26 bits per heavy atom. The minimum Gasteiger partial charge on any atom is -0.416 e. The monoisotopic (exact) mass is 516 g/mol. The highest BCUT2D eigenvalue weighted by Gasteiger charge is 2.15. The zero-order valence-electron chi connectivity index (χ0n) is 22.0. The van der Waals surface area contributed by atoms with Crippen LogP contribution in [0.3, 0.4) is 0 Å². The van der Waals surface area contributed by atoms with Crippen molar-refractivity contribution in [1.29, 1.82) is 0 Å². The van der Waals surface area contributed by atoms with Crippen LogP contribution in [-0.2, 0) is 12.8 Å². The van der Waals surface area contributed by atoms with E-state index in [0.29, 0.717) is 11.8 Å². The van der Waals surface area contributed by atoms with Crippen LogP contribution in [0.4, 0.5) is 0 Å². The van der Waals surface area contributed by atoms with Gasteiger partial charge in [-0.2, -0.15) is 0 Å². The summed E-state index contributed by atoms with van der Waals surface area (Å²) in [5.41, 5.74) is 7.25. The van der Waals surface area contributed by atoms with Crippen LogP contribution in [-0.4, -0.2) is 10.2 Å². The van der Waals surface area contributed by atoms with Crippen LogP contribution in [0, 0.1) is 0 Å². The van der Waals surface area contributed by atoms with Crippen molar-refractivity contribution in [2.45, 2.75) is 52.4 Å². The number of nitrogens with zero attached hydrogens (tertiary/aromatic N) is 2. The van der Waals surface area contributed by atoms with Crippen molar-refractivity contribution in [2.24, 2.45) is 0 Å². The Morgan fingerprint density at radius 1 is 0.632 bits per heavy atom. The lowest BCUT2D eigenvalue weighted by Gasteiger charge is -2.09. The van der Waals surface area contributed by atoms with E-state index >= 15 is 0 Å². The third-order valence-corrected chi connectivity index (χ3v) is 8.44. The molecule has 0 N–H and O–H groups in total. The van der Waals surface area contributed by atoms with E-state index in [0.717, 1.165) is 24.0 Å². The van der Waals surface area contributed by atoms with Gasteiger partial charge in [-0.3, -0.25) is 0 Å². The maximum atomic E-state index is 5.99. The third kappa shape index (κ3) is 4.89. The van der Waals surface area contributed by atoms with Gasteiger partial charge in [-0.25, -0.2) is 0 Å². The molecule has 3 nitrogen and oxygen atoms in total. The summed E-state index contributed by atoms with van der Waals surface area (Å²) in [4.78, 5) is 0. The molecule has 0 fully saturated rings. The highest BCUT2D eigenvalue weighted by atomic mass is 32.1. The number of fused-ring (bicyclic) bond motifs is 3. The minimum absolute atomic E-state index is 0.540. The molecule has 4 aromatic carbocycles. The van der Waals surface area contributed by atoms with Crippen LogP contribution >= 0.6 is 11.3 Å². The molecule has 6 rings (SSSR count). The van der Waals surface area contributed by atoms with Crippen molar-refractivity contribution in [3.8, 4) is 34.0 Å². The van der Waals surface area contributed by atoms with Crippen LogP contribution in [0.25, 0.3) is 54.2 Å². The normalized spacial score (nSPS) is 11.5. The summed E-state index contributed by atoms with van der Waals surface area (Å²) >= 11 is 1.91. The Balaban J connectivity index is 1.40. The quantitative estimate of drug-likeness (QED) is 0.192. The summed E-state index contributed by atoms with van der Waals surface area (Å²) in [6.45, 7) is 4.52. The second-order valence-corrected chi connectivity index (χ2v) is 11.1. The first kappa shape index (κ1) is 24.6. The van der Waals surface area contributed by atoms with E-state index in [4.69, 9.17) is 4.42 Å². The molecular weight excluding hydrogens is 484 g/mol. The molecule has 38 heavy (non-hydrogen) atoms. The molecule has 4 heteroatoms. The minimum atomic E-state index is 0.540. The average Bonchev–Trinajstić information content (AvgIpc) is 3.61. The van der Waals surface area contributed by atoms with E-state index < -0.39 is 0 Å². The molecule has 2 aromatic heterocycles. The Hall–Kier alpha value is -3.76. The number of aryl methyl sites for hydroxylation is 2. The summed E-state index contributed by atoms with van der Waals surface area (Å²) in [6.07, 6.45) is 7.11. The van der Waals surface area contributed by atoms with Crippen LogP contribution in [0.1, 0.15) is 50.7 Å². The molecule has 0 unspecified atom stereocenters. The number of hydrogen-bond acceptors (Lipinski definition) is 4.